The van der Waals surface area contributed by atoms with Gasteiger partial charge in [0.1, 0.15) is 12.4 Å². The van der Waals surface area contributed by atoms with Crippen LogP contribution in [-0.2, 0) is 14.9 Å². The van der Waals surface area contributed by atoms with E-state index < -0.39 is 10.2 Å². The number of ether oxygens (including phenoxy) is 2. The summed E-state index contributed by atoms with van der Waals surface area (Å²) < 4.78 is 39.0. The van der Waals surface area contributed by atoms with Gasteiger partial charge < -0.3 is 15.2 Å². The van der Waals surface area contributed by atoms with Crippen LogP contribution in [0.5, 0.6) is 5.75 Å². The highest BCUT2D eigenvalue weighted by atomic mass is 32.2. The van der Waals surface area contributed by atoms with Crippen LogP contribution < -0.4 is 15.2 Å². The molecule has 1 aromatic carbocycles. The van der Waals surface area contributed by atoms with Gasteiger partial charge in [-0.3, -0.25) is 4.72 Å². The third-order valence-electron chi connectivity index (χ3n) is 2.81. The van der Waals surface area contributed by atoms with E-state index in [1.807, 2.05) is 0 Å². The van der Waals surface area contributed by atoms with Gasteiger partial charge in [0.2, 0.25) is 0 Å². The smallest absolute Gasteiger partial charge is 0.301 e. The van der Waals surface area contributed by atoms with Crippen molar-refractivity contribution in [3.8, 4) is 5.75 Å². The second kappa shape index (κ2) is 6.89. The van der Waals surface area contributed by atoms with Crippen molar-refractivity contribution in [2.24, 2.45) is 5.73 Å². The Balaban J connectivity index is 2.11. The van der Waals surface area contributed by atoms with E-state index in [1.165, 1.54) is 4.31 Å². The van der Waals surface area contributed by atoms with Gasteiger partial charge >= 0.3 is 10.2 Å². The van der Waals surface area contributed by atoms with E-state index >= 15 is 0 Å². The van der Waals surface area contributed by atoms with Crippen molar-refractivity contribution in [3.63, 3.8) is 0 Å². The average molecular weight is 301 g/mol. The summed E-state index contributed by atoms with van der Waals surface area (Å²) in [5.74, 6) is 0.467. The maximum Gasteiger partial charge on any atom is 0.301 e. The highest BCUT2D eigenvalue weighted by Crippen LogP contribution is 2.25. The summed E-state index contributed by atoms with van der Waals surface area (Å²) in [7, 11) is -3.59. The number of benzene rings is 1. The first-order valence-corrected chi connectivity index (χ1v) is 7.85. The largest absolute Gasteiger partial charge is 0.490 e. The van der Waals surface area contributed by atoms with E-state index in [1.54, 1.807) is 24.3 Å². The molecule has 20 heavy (non-hydrogen) atoms. The molecule has 0 aliphatic carbocycles. The van der Waals surface area contributed by atoms with Gasteiger partial charge in [-0.15, -0.1) is 0 Å². The highest BCUT2D eigenvalue weighted by molar-refractivity contribution is 7.90. The molecule has 7 nitrogen and oxygen atoms in total. The molecule has 0 radical (unpaired) electrons. The average Bonchev–Trinajstić information content (AvgIpc) is 2.47. The fourth-order valence-corrected chi connectivity index (χ4v) is 3.04. The van der Waals surface area contributed by atoms with Crippen molar-refractivity contribution in [1.29, 1.82) is 0 Å². The Hall–Kier alpha value is -1.35. The van der Waals surface area contributed by atoms with Gasteiger partial charge in [0.25, 0.3) is 0 Å². The third kappa shape index (κ3) is 3.83. The fourth-order valence-electron chi connectivity index (χ4n) is 1.84. The SMILES string of the molecule is NCCOc1ccccc1NS(=O)(=O)N1CCOCC1. The second-order valence-electron chi connectivity index (χ2n) is 4.25. The first-order chi connectivity index (χ1) is 9.63. The number of para-hydroxylation sites is 2. The second-order valence-corrected chi connectivity index (χ2v) is 5.92. The van der Waals surface area contributed by atoms with Crippen molar-refractivity contribution in [2.45, 2.75) is 0 Å². The molecule has 1 aromatic rings. The molecule has 1 aliphatic heterocycles. The van der Waals surface area contributed by atoms with Crippen molar-refractivity contribution in [1.82, 2.24) is 4.31 Å². The molecule has 1 saturated heterocycles. The van der Waals surface area contributed by atoms with Gasteiger partial charge in [-0.05, 0) is 12.1 Å². The van der Waals surface area contributed by atoms with E-state index in [-0.39, 0.29) is 0 Å². The van der Waals surface area contributed by atoms with Crippen molar-refractivity contribution < 1.29 is 17.9 Å². The number of nitrogens with two attached hydrogens (primary N) is 1. The topological polar surface area (TPSA) is 93.9 Å². The predicted molar refractivity (Wildman–Crippen MR) is 75.9 cm³/mol. The molecule has 3 N–H and O–H groups in total. The zero-order valence-electron chi connectivity index (χ0n) is 11.1. The van der Waals surface area contributed by atoms with Crippen molar-refractivity contribution >= 4 is 15.9 Å². The van der Waals surface area contributed by atoms with Crippen LogP contribution in [0.4, 0.5) is 5.69 Å². The number of hydrogen-bond donors (Lipinski definition) is 2. The van der Waals surface area contributed by atoms with Crippen molar-refractivity contribution in [2.75, 3.05) is 44.2 Å². The number of hydrogen-bond acceptors (Lipinski definition) is 5. The van der Waals surface area contributed by atoms with Crippen LogP contribution in [0.1, 0.15) is 0 Å². The Kier molecular flexibility index (Phi) is 5.18. The van der Waals surface area contributed by atoms with Crippen LogP contribution >= 0.6 is 0 Å². The Labute approximate surface area is 118 Å². The monoisotopic (exact) mass is 301 g/mol. The molecular weight excluding hydrogens is 282 g/mol. The quantitative estimate of drug-likeness (QED) is 0.772. The lowest BCUT2D eigenvalue weighted by molar-refractivity contribution is 0.0733. The molecule has 1 aliphatic rings. The summed E-state index contributed by atoms with van der Waals surface area (Å²) in [5.41, 5.74) is 5.79. The number of nitrogens with zero attached hydrogens (tertiary/aromatic N) is 1. The molecule has 0 unspecified atom stereocenters. The Morgan fingerprint density at radius 1 is 1.30 bits per heavy atom. The summed E-state index contributed by atoms with van der Waals surface area (Å²) in [6, 6.07) is 6.88. The number of morpholine rings is 1. The van der Waals surface area contributed by atoms with E-state index in [9.17, 15) is 8.42 Å². The van der Waals surface area contributed by atoms with Crippen LogP contribution in [0, 0.1) is 0 Å². The van der Waals surface area contributed by atoms with Crippen LogP contribution in [0.15, 0.2) is 24.3 Å². The molecule has 2 rings (SSSR count). The lowest BCUT2D eigenvalue weighted by atomic mass is 10.3. The lowest BCUT2D eigenvalue weighted by Gasteiger charge is -2.26. The van der Waals surface area contributed by atoms with Gasteiger partial charge in [-0.1, -0.05) is 12.1 Å². The molecule has 0 saturated carbocycles. The minimum absolute atomic E-state index is 0.330. The standard InChI is InChI=1S/C12H19N3O4S/c13-5-8-19-12-4-2-1-3-11(12)14-20(16,17)15-6-9-18-10-7-15/h1-4,14H,5-10,13H2. The molecule has 0 bridgehead atoms. The lowest BCUT2D eigenvalue weighted by Crippen LogP contribution is -2.43. The Morgan fingerprint density at radius 3 is 2.70 bits per heavy atom. The van der Waals surface area contributed by atoms with Crippen LogP contribution in [-0.4, -0.2) is 52.2 Å². The zero-order valence-corrected chi connectivity index (χ0v) is 11.9. The van der Waals surface area contributed by atoms with Gasteiger partial charge in [0, 0.05) is 19.6 Å². The molecule has 0 amide bonds. The minimum Gasteiger partial charge on any atom is -0.490 e. The first-order valence-electron chi connectivity index (χ1n) is 6.41. The minimum atomic E-state index is -3.59. The summed E-state index contributed by atoms with van der Waals surface area (Å²) in [6.07, 6.45) is 0. The fraction of sp³-hybridized carbons (Fsp3) is 0.500. The van der Waals surface area contributed by atoms with Crippen LogP contribution in [0.25, 0.3) is 0 Å². The van der Waals surface area contributed by atoms with E-state index in [0.717, 1.165) is 0 Å². The Morgan fingerprint density at radius 2 is 2.00 bits per heavy atom. The summed E-state index contributed by atoms with van der Waals surface area (Å²) in [4.78, 5) is 0. The van der Waals surface area contributed by atoms with Crippen LogP contribution in [0.2, 0.25) is 0 Å². The van der Waals surface area contributed by atoms with Gasteiger partial charge in [-0.25, -0.2) is 0 Å². The van der Waals surface area contributed by atoms with Gasteiger partial charge in [0.15, 0.2) is 0 Å². The third-order valence-corrected chi connectivity index (χ3v) is 4.33. The number of nitrogens with one attached hydrogen (secondary N) is 1. The molecule has 0 spiro atoms. The molecule has 1 heterocycles. The normalized spacial score (nSPS) is 16.9. The summed E-state index contributed by atoms with van der Waals surface area (Å²) in [5, 5.41) is 0. The van der Waals surface area contributed by atoms with E-state index in [0.29, 0.717) is 50.9 Å². The molecule has 8 heteroatoms. The Bertz CT molecular complexity index is 529. The highest BCUT2D eigenvalue weighted by Gasteiger charge is 2.25. The summed E-state index contributed by atoms with van der Waals surface area (Å²) >= 11 is 0. The number of anilines is 1. The predicted octanol–water partition coefficient (Wildman–Crippen LogP) is 0.0130. The maximum absolute atomic E-state index is 12.3. The van der Waals surface area contributed by atoms with Crippen molar-refractivity contribution in [3.05, 3.63) is 24.3 Å². The molecule has 112 valence electrons. The summed E-state index contributed by atoms with van der Waals surface area (Å²) in [6.45, 7) is 2.21. The number of rotatable bonds is 6. The molecule has 1 fully saturated rings. The van der Waals surface area contributed by atoms with Crippen LogP contribution in [0.3, 0.4) is 0 Å². The molecular formula is C12H19N3O4S. The van der Waals surface area contributed by atoms with Gasteiger partial charge in [0.05, 0.1) is 18.9 Å². The zero-order chi connectivity index (χ0) is 14.4. The first kappa shape index (κ1) is 15.0. The maximum atomic E-state index is 12.3. The van der Waals surface area contributed by atoms with Gasteiger partial charge in [-0.2, -0.15) is 12.7 Å². The van der Waals surface area contributed by atoms with E-state index in [2.05, 4.69) is 4.72 Å². The molecule has 0 atom stereocenters. The molecule has 0 aromatic heterocycles. The van der Waals surface area contributed by atoms with E-state index in [4.69, 9.17) is 15.2 Å².